The van der Waals surface area contributed by atoms with Gasteiger partial charge in [0, 0.05) is 73.8 Å². The molecule has 4 aromatic rings. The van der Waals surface area contributed by atoms with Crippen molar-refractivity contribution < 1.29 is 18.7 Å². The summed E-state index contributed by atoms with van der Waals surface area (Å²) in [6.07, 6.45) is 4.96. The molecule has 0 unspecified atom stereocenters. The molecule has 0 spiro atoms. The molecule has 1 N–H and O–H groups in total. The molecule has 1 aromatic heterocycles. The second kappa shape index (κ2) is 12.1. The van der Waals surface area contributed by atoms with Crippen LogP contribution in [0.4, 0.5) is 21.7 Å². The van der Waals surface area contributed by atoms with Crippen LogP contribution in [0.1, 0.15) is 29.6 Å². The van der Waals surface area contributed by atoms with Gasteiger partial charge in [0.1, 0.15) is 11.6 Å². The Morgan fingerprint density at radius 3 is 2.64 bits per heavy atom. The molecule has 1 aliphatic rings. The first-order valence-corrected chi connectivity index (χ1v) is 13.1. The Morgan fingerprint density at radius 2 is 1.85 bits per heavy atom. The third-order valence-electron chi connectivity index (χ3n) is 6.80. The van der Waals surface area contributed by atoms with Crippen LogP contribution in [0, 0.1) is 5.82 Å². The number of benzene rings is 3. The lowest BCUT2D eigenvalue weighted by molar-refractivity contribution is 0.102. The molecule has 0 radical (unpaired) electrons. The van der Waals surface area contributed by atoms with E-state index in [9.17, 15) is 9.18 Å². The number of nitrogens with one attached hydrogen (secondary N) is 1. The van der Waals surface area contributed by atoms with Crippen molar-refractivity contribution in [1.29, 1.82) is 0 Å². The zero-order valence-electron chi connectivity index (χ0n) is 22.2. The Kier molecular flexibility index (Phi) is 8.17. The number of rotatable bonds is 9. The lowest BCUT2D eigenvalue weighted by atomic mass is 10.1. The molecule has 5 rings (SSSR count). The fourth-order valence-corrected chi connectivity index (χ4v) is 4.72. The Labute approximate surface area is 227 Å². The second-order valence-corrected chi connectivity index (χ2v) is 9.57. The minimum atomic E-state index is -0.422. The summed E-state index contributed by atoms with van der Waals surface area (Å²) >= 11 is 0. The number of likely N-dealkylation sites (N-methyl/N-ethyl adjacent to an activating group) is 1. The Balaban J connectivity index is 1.38. The predicted octanol–water partition coefficient (Wildman–Crippen LogP) is 5.89. The van der Waals surface area contributed by atoms with Crippen molar-refractivity contribution in [3.8, 4) is 11.6 Å². The summed E-state index contributed by atoms with van der Waals surface area (Å²) in [5.41, 5.74) is 1.63. The first-order valence-electron chi connectivity index (χ1n) is 13.1. The summed E-state index contributed by atoms with van der Waals surface area (Å²) in [5, 5.41) is 4.57. The molecular formula is C30H32FN5O3. The zero-order valence-corrected chi connectivity index (χ0v) is 22.2. The molecule has 3 aromatic carbocycles. The molecule has 1 fully saturated rings. The van der Waals surface area contributed by atoms with Gasteiger partial charge in [-0.1, -0.05) is 24.3 Å². The van der Waals surface area contributed by atoms with Crippen molar-refractivity contribution in [1.82, 2.24) is 9.97 Å². The molecule has 9 heteroatoms. The van der Waals surface area contributed by atoms with E-state index in [0.717, 1.165) is 42.4 Å². The van der Waals surface area contributed by atoms with E-state index in [1.54, 1.807) is 37.6 Å². The maximum atomic E-state index is 14.5. The van der Waals surface area contributed by atoms with Crippen molar-refractivity contribution in [2.75, 3.05) is 55.5 Å². The number of halogens is 1. The van der Waals surface area contributed by atoms with Crippen LogP contribution in [-0.4, -0.2) is 56.3 Å². The summed E-state index contributed by atoms with van der Waals surface area (Å²) in [4.78, 5) is 26.1. The molecule has 202 valence electrons. The highest BCUT2D eigenvalue weighted by atomic mass is 19.1. The van der Waals surface area contributed by atoms with E-state index in [1.807, 2.05) is 36.2 Å². The molecule has 1 saturated heterocycles. The number of nitrogens with zero attached hydrogens (tertiary/aromatic N) is 4. The monoisotopic (exact) mass is 529 g/mol. The van der Waals surface area contributed by atoms with Crippen LogP contribution < -0.4 is 19.9 Å². The first kappa shape index (κ1) is 26.4. The summed E-state index contributed by atoms with van der Waals surface area (Å²) in [6, 6.07) is 17.4. The van der Waals surface area contributed by atoms with E-state index < -0.39 is 5.82 Å². The van der Waals surface area contributed by atoms with Crippen molar-refractivity contribution in [2.45, 2.75) is 19.3 Å². The average Bonchev–Trinajstić information content (AvgIpc) is 2.97. The SMILES string of the molecule is COCCN(C)c1nccc(Oc2ccc(NC(=O)c3cc(F)cc(N4CCCCC4)c3)c3ccccc23)n1. The highest BCUT2D eigenvalue weighted by molar-refractivity contribution is 6.10. The van der Waals surface area contributed by atoms with Gasteiger partial charge in [0.2, 0.25) is 11.8 Å². The number of anilines is 3. The van der Waals surface area contributed by atoms with E-state index in [1.165, 1.54) is 18.6 Å². The largest absolute Gasteiger partial charge is 0.438 e. The highest BCUT2D eigenvalue weighted by Crippen LogP contribution is 2.34. The first-order chi connectivity index (χ1) is 19.0. The number of carbonyl (C=O) groups excluding carboxylic acids is 1. The quantitative estimate of drug-likeness (QED) is 0.290. The number of methoxy groups -OCH3 is 1. The molecule has 8 nitrogen and oxygen atoms in total. The summed E-state index contributed by atoms with van der Waals surface area (Å²) in [6.45, 7) is 2.93. The van der Waals surface area contributed by atoms with Gasteiger partial charge < -0.3 is 24.6 Å². The second-order valence-electron chi connectivity index (χ2n) is 9.57. The number of piperidine rings is 1. The summed E-state index contributed by atoms with van der Waals surface area (Å²) < 4.78 is 25.8. The van der Waals surface area contributed by atoms with Gasteiger partial charge in [-0.2, -0.15) is 4.98 Å². The molecule has 2 heterocycles. The van der Waals surface area contributed by atoms with Crippen molar-refractivity contribution in [2.24, 2.45) is 0 Å². The molecule has 39 heavy (non-hydrogen) atoms. The predicted molar refractivity (Wildman–Crippen MR) is 152 cm³/mol. The van der Waals surface area contributed by atoms with Crippen molar-refractivity contribution in [3.63, 3.8) is 0 Å². The normalized spacial score (nSPS) is 13.4. The number of hydrogen-bond donors (Lipinski definition) is 1. The fourth-order valence-electron chi connectivity index (χ4n) is 4.72. The van der Waals surface area contributed by atoms with Gasteiger partial charge >= 0.3 is 0 Å². The average molecular weight is 530 g/mol. The maximum absolute atomic E-state index is 14.5. The van der Waals surface area contributed by atoms with Crippen LogP contribution in [0.3, 0.4) is 0 Å². The minimum absolute atomic E-state index is 0.283. The lowest BCUT2D eigenvalue weighted by Crippen LogP contribution is -2.29. The van der Waals surface area contributed by atoms with Gasteiger partial charge in [0.25, 0.3) is 5.91 Å². The van der Waals surface area contributed by atoms with Gasteiger partial charge in [0.15, 0.2) is 0 Å². The van der Waals surface area contributed by atoms with Gasteiger partial charge in [-0.25, -0.2) is 9.37 Å². The van der Waals surface area contributed by atoms with E-state index in [-0.39, 0.29) is 11.5 Å². The van der Waals surface area contributed by atoms with Gasteiger partial charge in [-0.3, -0.25) is 4.79 Å². The molecule has 1 aliphatic heterocycles. The number of ether oxygens (including phenoxy) is 2. The fraction of sp³-hybridized carbons (Fsp3) is 0.300. The van der Waals surface area contributed by atoms with Gasteiger partial charge in [-0.05, 0) is 49.6 Å². The molecule has 0 bridgehead atoms. The van der Waals surface area contributed by atoms with Crippen LogP contribution in [0.15, 0.2) is 66.9 Å². The molecule has 0 atom stereocenters. The van der Waals surface area contributed by atoms with E-state index in [2.05, 4.69) is 20.2 Å². The zero-order chi connectivity index (χ0) is 27.2. The molecule has 0 saturated carbocycles. The highest BCUT2D eigenvalue weighted by Gasteiger charge is 2.17. The van der Waals surface area contributed by atoms with Crippen LogP contribution >= 0.6 is 0 Å². The van der Waals surface area contributed by atoms with Gasteiger partial charge in [0.05, 0.1) is 6.61 Å². The number of aromatic nitrogens is 2. The van der Waals surface area contributed by atoms with E-state index in [4.69, 9.17) is 9.47 Å². The molecule has 0 aliphatic carbocycles. The van der Waals surface area contributed by atoms with Crippen molar-refractivity contribution >= 4 is 34.0 Å². The minimum Gasteiger partial charge on any atom is -0.438 e. The topological polar surface area (TPSA) is 79.8 Å². The Bertz CT molecular complexity index is 1460. The van der Waals surface area contributed by atoms with E-state index in [0.29, 0.717) is 36.4 Å². The molecule has 1 amide bonds. The number of hydrogen-bond acceptors (Lipinski definition) is 7. The van der Waals surface area contributed by atoms with Crippen LogP contribution in [0.2, 0.25) is 0 Å². The Hall–Kier alpha value is -4.24. The van der Waals surface area contributed by atoms with Crippen LogP contribution in [0.5, 0.6) is 11.6 Å². The van der Waals surface area contributed by atoms with Gasteiger partial charge in [-0.15, -0.1) is 0 Å². The van der Waals surface area contributed by atoms with Crippen molar-refractivity contribution in [3.05, 3.63) is 78.2 Å². The summed E-state index contributed by atoms with van der Waals surface area (Å²) in [5.74, 6) is 0.721. The third-order valence-corrected chi connectivity index (χ3v) is 6.80. The number of carbonyl (C=O) groups is 1. The Morgan fingerprint density at radius 1 is 1.05 bits per heavy atom. The van der Waals surface area contributed by atoms with Crippen LogP contribution in [0.25, 0.3) is 10.8 Å². The standard InChI is InChI=1S/C30H32FN5O3/c1-35(16-17-38-2)30-32-13-12-28(34-30)39-27-11-10-26(24-8-4-5-9-25(24)27)33-29(37)21-18-22(31)20-23(19-21)36-14-6-3-7-15-36/h4-5,8-13,18-20H,3,6-7,14-17H2,1-2H3,(H,33,37). The smallest absolute Gasteiger partial charge is 0.255 e. The molecular weight excluding hydrogens is 497 g/mol. The number of fused-ring (bicyclic) bond motifs is 1. The van der Waals surface area contributed by atoms with Crippen LogP contribution in [-0.2, 0) is 4.74 Å². The maximum Gasteiger partial charge on any atom is 0.255 e. The summed E-state index contributed by atoms with van der Waals surface area (Å²) in [7, 11) is 3.54. The number of amides is 1. The third kappa shape index (κ3) is 6.26. The van der Waals surface area contributed by atoms with E-state index >= 15 is 0 Å². The lowest BCUT2D eigenvalue weighted by Gasteiger charge is -2.29.